The monoisotopic (exact) mass is 275 g/mol. The maximum absolute atomic E-state index is 12.7. The smallest absolute Gasteiger partial charge is 0.167 e. The Hall–Kier alpha value is -2.48. The maximum atomic E-state index is 12.7. The lowest BCUT2D eigenvalue weighted by atomic mass is 9.98. The number of nitrogens with zero attached hydrogens (tertiary/aromatic N) is 1. The van der Waals surface area contributed by atoms with Crippen molar-refractivity contribution in [1.82, 2.24) is 4.98 Å². The molecule has 3 aromatic rings. The number of pyridine rings is 1. The zero-order valence-corrected chi connectivity index (χ0v) is 12.3. The van der Waals surface area contributed by atoms with Crippen LogP contribution in [0.5, 0.6) is 0 Å². The van der Waals surface area contributed by atoms with Gasteiger partial charge in [-0.25, -0.2) is 0 Å². The van der Waals surface area contributed by atoms with E-state index in [1.807, 2.05) is 62.4 Å². The molecule has 0 saturated carbocycles. The summed E-state index contributed by atoms with van der Waals surface area (Å²) in [7, 11) is 0. The van der Waals surface area contributed by atoms with Crippen LogP contribution in [-0.4, -0.2) is 10.8 Å². The summed E-state index contributed by atoms with van der Waals surface area (Å²) in [6.07, 6.45) is 0.426. The van der Waals surface area contributed by atoms with Gasteiger partial charge >= 0.3 is 0 Å². The summed E-state index contributed by atoms with van der Waals surface area (Å²) in [5, 5.41) is 0.931. The predicted octanol–water partition coefficient (Wildman–Crippen LogP) is 4.28. The molecule has 0 unspecified atom stereocenters. The Balaban J connectivity index is 2.02. The van der Waals surface area contributed by atoms with E-state index in [0.29, 0.717) is 6.42 Å². The van der Waals surface area contributed by atoms with Crippen LogP contribution in [0, 0.1) is 13.8 Å². The Morgan fingerprint density at radius 2 is 1.81 bits per heavy atom. The number of fused-ring (bicyclic) bond motifs is 1. The second-order valence-electron chi connectivity index (χ2n) is 5.42. The number of aromatic nitrogens is 1. The first-order chi connectivity index (χ1) is 10.1. The first-order valence-electron chi connectivity index (χ1n) is 7.08. The molecule has 0 aliphatic rings. The number of aryl methyl sites for hydroxylation is 2. The van der Waals surface area contributed by atoms with E-state index in [4.69, 9.17) is 0 Å². The van der Waals surface area contributed by atoms with Crippen molar-refractivity contribution in [2.45, 2.75) is 20.3 Å². The fourth-order valence-electron chi connectivity index (χ4n) is 2.64. The van der Waals surface area contributed by atoms with Crippen molar-refractivity contribution >= 4 is 16.7 Å². The van der Waals surface area contributed by atoms with Gasteiger partial charge in [-0.1, -0.05) is 48.0 Å². The molecule has 1 heterocycles. The number of Topliss-reactive ketones (excluding diaryl/α,β-unsaturated/α-hetero) is 1. The van der Waals surface area contributed by atoms with Crippen LogP contribution in [0.2, 0.25) is 0 Å². The zero-order valence-electron chi connectivity index (χ0n) is 12.3. The SMILES string of the molecule is Cc1cccc(CC(=O)c2cc(C)nc3ccccc23)c1. The van der Waals surface area contributed by atoms with Gasteiger partial charge in [0.25, 0.3) is 0 Å². The number of benzene rings is 2. The van der Waals surface area contributed by atoms with Crippen molar-refractivity contribution in [2.24, 2.45) is 0 Å². The van der Waals surface area contributed by atoms with Crippen molar-refractivity contribution in [3.63, 3.8) is 0 Å². The molecular formula is C19H17NO. The summed E-state index contributed by atoms with van der Waals surface area (Å²) in [4.78, 5) is 17.2. The first kappa shape index (κ1) is 13.5. The molecule has 0 saturated heterocycles. The number of carbonyl (C=O) groups is 1. The molecule has 0 fully saturated rings. The number of hydrogen-bond acceptors (Lipinski definition) is 2. The van der Waals surface area contributed by atoms with E-state index in [9.17, 15) is 4.79 Å². The van der Waals surface area contributed by atoms with Gasteiger partial charge in [0, 0.05) is 23.1 Å². The Labute approximate surface area is 124 Å². The van der Waals surface area contributed by atoms with Crippen molar-refractivity contribution in [3.8, 4) is 0 Å². The molecule has 0 spiro atoms. The van der Waals surface area contributed by atoms with E-state index in [0.717, 1.165) is 27.7 Å². The molecule has 1 aromatic heterocycles. The predicted molar refractivity (Wildman–Crippen MR) is 85.7 cm³/mol. The topological polar surface area (TPSA) is 30.0 Å². The normalized spacial score (nSPS) is 10.8. The standard InChI is InChI=1S/C19H17NO/c1-13-6-5-7-15(10-13)12-19(21)17-11-14(2)20-18-9-4-3-8-16(17)18/h3-11H,12H2,1-2H3. The van der Waals surface area contributed by atoms with Gasteiger partial charge in [-0.3, -0.25) is 9.78 Å². The van der Waals surface area contributed by atoms with Gasteiger partial charge < -0.3 is 0 Å². The van der Waals surface area contributed by atoms with E-state index >= 15 is 0 Å². The Kier molecular flexibility index (Phi) is 3.53. The number of rotatable bonds is 3. The van der Waals surface area contributed by atoms with E-state index in [1.54, 1.807) is 0 Å². The van der Waals surface area contributed by atoms with Crippen LogP contribution in [0.1, 0.15) is 27.2 Å². The molecule has 3 rings (SSSR count). The highest BCUT2D eigenvalue weighted by molar-refractivity contribution is 6.08. The van der Waals surface area contributed by atoms with Gasteiger partial charge in [0.05, 0.1) is 5.52 Å². The number of carbonyl (C=O) groups excluding carboxylic acids is 1. The van der Waals surface area contributed by atoms with E-state index in [1.165, 1.54) is 5.56 Å². The minimum Gasteiger partial charge on any atom is -0.294 e. The van der Waals surface area contributed by atoms with Crippen LogP contribution < -0.4 is 0 Å². The number of ketones is 1. The summed E-state index contributed by atoms with van der Waals surface area (Å²) in [5.74, 6) is 0.141. The average molecular weight is 275 g/mol. The molecule has 104 valence electrons. The molecule has 0 N–H and O–H groups in total. The number of para-hydroxylation sites is 1. The Bertz CT molecular complexity index is 821. The molecule has 0 aliphatic heterocycles. The van der Waals surface area contributed by atoms with Crippen molar-refractivity contribution in [2.75, 3.05) is 0 Å². The fourth-order valence-corrected chi connectivity index (χ4v) is 2.64. The van der Waals surface area contributed by atoms with Gasteiger partial charge in [-0.15, -0.1) is 0 Å². The molecule has 0 amide bonds. The minimum atomic E-state index is 0.141. The van der Waals surface area contributed by atoms with Crippen LogP contribution in [0.3, 0.4) is 0 Å². The van der Waals surface area contributed by atoms with Crippen LogP contribution in [0.4, 0.5) is 0 Å². The lowest BCUT2D eigenvalue weighted by molar-refractivity contribution is 0.0994. The van der Waals surface area contributed by atoms with Crippen molar-refractivity contribution < 1.29 is 4.79 Å². The van der Waals surface area contributed by atoms with Gasteiger partial charge in [0.15, 0.2) is 5.78 Å². The second-order valence-corrected chi connectivity index (χ2v) is 5.42. The highest BCUT2D eigenvalue weighted by atomic mass is 16.1. The largest absolute Gasteiger partial charge is 0.294 e. The summed E-state index contributed by atoms with van der Waals surface area (Å²) in [6, 6.07) is 17.8. The maximum Gasteiger partial charge on any atom is 0.167 e. The molecule has 0 bridgehead atoms. The summed E-state index contributed by atoms with van der Waals surface area (Å²) >= 11 is 0. The minimum absolute atomic E-state index is 0.141. The highest BCUT2D eigenvalue weighted by Gasteiger charge is 2.12. The molecule has 2 aromatic carbocycles. The molecule has 0 atom stereocenters. The molecule has 2 nitrogen and oxygen atoms in total. The van der Waals surface area contributed by atoms with Crippen LogP contribution in [0.15, 0.2) is 54.6 Å². The van der Waals surface area contributed by atoms with E-state index in [-0.39, 0.29) is 5.78 Å². The lowest BCUT2D eigenvalue weighted by Gasteiger charge is -2.07. The Morgan fingerprint density at radius 3 is 2.62 bits per heavy atom. The second kappa shape index (κ2) is 5.49. The van der Waals surface area contributed by atoms with Crippen LogP contribution in [-0.2, 0) is 6.42 Å². The highest BCUT2D eigenvalue weighted by Crippen LogP contribution is 2.20. The van der Waals surface area contributed by atoms with Crippen LogP contribution >= 0.6 is 0 Å². The third-order valence-corrected chi connectivity index (χ3v) is 3.59. The van der Waals surface area contributed by atoms with E-state index in [2.05, 4.69) is 11.1 Å². The molecule has 0 radical (unpaired) electrons. The average Bonchev–Trinajstić information content (AvgIpc) is 2.46. The zero-order chi connectivity index (χ0) is 14.8. The van der Waals surface area contributed by atoms with Crippen molar-refractivity contribution in [1.29, 1.82) is 0 Å². The van der Waals surface area contributed by atoms with E-state index < -0.39 is 0 Å². The van der Waals surface area contributed by atoms with Crippen molar-refractivity contribution in [3.05, 3.63) is 77.0 Å². The van der Waals surface area contributed by atoms with Gasteiger partial charge in [0.1, 0.15) is 0 Å². The summed E-state index contributed by atoms with van der Waals surface area (Å²) in [6.45, 7) is 3.97. The third kappa shape index (κ3) is 2.84. The van der Waals surface area contributed by atoms with Gasteiger partial charge in [-0.05, 0) is 31.5 Å². The lowest BCUT2D eigenvalue weighted by Crippen LogP contribution is -2.06. The summed E-state index contributed by atoms with van der Waals surface area (Å²) in [5.41, 5.74) is 4.75. The Morgan fingerprint density at radius 1 is 1.00 bits per heavy atom. The third-order valence-electron chi connectivity index (χ3n) is 3.59. The quantitative estimate of drug-likeness (QED) is 0.668. The molecule has 2 heteroatoms. The fraction of sp³-hybridized carbons (Fsp3) is 0.158. The summed E-state index contributed by atoms with van der Waals surface area (Å²) < 4.78 is 0. The first-order valence-corrected chi connectivity index (χ1v) is 7.08. The van der Waals surface area contributed by atoms with Crippen LogP contribution in [0.25, 0.3) is 10.9 Å². The van der Waals surface area contributed by atoms with Gasteiger partial charge in [0.2, 0.25) is 0 Å². The van der Waals surface area contributed by atoms with Gasteiger partial charge in [-0.2, -0.15) is 0 Å². The molecule has 21 heavy (non-hydrogen) atoms. The number of hydrogen-bond donors (Lipinski definition) is 0. The molecular weight excluding hydrogens is 258 g/mol. The molecule has 0 aliphatic carbocycles.